The normalized spacial score (nSPS) is 13.2. The molecule has 11 heteroatoms. The van der Waals surface area contributed by atoms with E-state index in [1.165, 1.54) is 19.3 Å². The van der Waals surface area contributed by atoms with E-state index in [-0.39, 0.29) is 31.3 Å². The fourth-order valence-corrected chi connectivity index (χ4v) is 2.24. The maximum absolute atomic E-state index is 11.7. The first-order valence-electron chi connectivity index (χ1n) is 9.72. The molecular weight excluding hydrogens is 400 g/mol. The number of ether oxygens (including phenoxy) is 5. The number of nitrogens with one attached hydrogen (secondary N) is 1. The van der Waals surface area contributed by atoms with Crippen LogP contribution in [0.4, 0.5) is 0 Å². The van der Waals surface area contributed by atoms with Crippen LogP contribution in [-0.4, -0.2) is 102 Å². The van der Waals surface area contributed by atoms with Gasteiger partial charge in [0.05, 0.1) is 66.4 Å². The largest absolute Gasteiger partial charge is 0.469 e. The second-order valence-corrected chi connectivity index (χ2v) is 6.04. The van der Waals surface area contributed by atoms with E-state index in [0.717, 1.165) is 4.90 Å². The quantitative estimate of drug-likeness (QED) is 0.166. The molecule has 30 heavy (non-hydrogen) atoms. The Morgan fingerprint density at radius 3 is 1.83 bits per heavy atom. The van der Waals surface area contributed by atoms with Crippen LogP contribution in [-0.2, 0) is 42.9 Å². The van der Waals surface area contributed by atoms with Crippen LogP contribution in [0.3, 0.4) is 0 Å². The Kier molecular flexibility index (Phi) is 14.1. The fraction of sp³-hybridized carbons (Fsp3) is 0.684. The molecule has 170 valence electrons. The number of esters is 1. The van der Waals surface area contributed by atoms with Gasteiger partial charge in [0.1, 0.15) is 0 Å². The molecule has 1 heterocycles. The third-order valence-electron chi connectivity index (χ3n) is 3.83. The standard InChI is InChI=1S/C19H30N2O9/c1-26-19(25)5-8-27-10-12-29-14-15-30-13-11-28-9-6-20-16(22)4-7-21-17(23)2-3-18(21)24/h2-3H,4-15H2,1H3,(H,20,22). The average molecular weight is 430 g/mol. The zero-order valence-electron chi connectivity index (χ0n) is 17.3. The van der Waals surface area contributed by atoms with Crippen molar-refractivity contribution in [2.45, 2.75) is 12.8 Å². The summed E-state index contributed by atoms with van der Waals surface area (Å²) in [6.07, 6.45) is 2.65. The summed E-state index contributed by atoms with van der Waals surface area (Å²) in [4.78, 5) is 46.2. The highest BCUT2D eigenvalue weighted by Gasteiger charge is 2.23. The van der Waals surface area contributed by atoms with Crippen molar-refractivity contribution in [3.63, 3.8) is 0 Å². The Morgan fingerprint density at radius 2 is 1.30 bits per heavy atom. The number of nitrogens with zero attached hydrogens (tertiary/aromatic N) is 1. The SMILES string of the molecule is COC(=O)CCOCCOCCOCCOCCNC(=O)CCN1C(=O)C=CC1=O. The van der Waals surface area contributed by atoms with Crippen LogP contribution < -0.4 is 5.32 Å². The summed E-state index contributed by atoms with van der Waals surface area (Å²) in [5.41, 5.74) is 0. The van der Waals surface area contributed by atoms with Crippen molar-refractivity contribution < 1.29 is 42.9 Å². The van der Waals surface area contributed by atoms with Gasteiger partial charge in [-0.2, -0.15) is 0 Å². The molecule has 0 spiro atoms. The van der Waals surface area contributed by atoms with Crippen LogP contribution in [0.1, 0.15) is 12.8 Å². The lowest BCUT2D eigenvalue weighted by Crippen LogP contribution is -2.35. The topological polar surface area (TPSA) is 130 Å². The number of amides is 3. The number of rotatable bonds is 18. The summed E-state index contributed by atoms with van der Waals surface area (Å²) in [5, 5.41) is 2.65. The lowest BCUT2D eigenvalue weighted by molar-refractivity contribution is -0.142. The molecule has 0 unspecified atom stereocenters. The van der Waals surface area contributed by atoms with Gasteiger partial charge in [0.2, 0.25) is 5.91 Å². The Morgan fingerprint density at radius 1 is 0.800 bits per heavy atom. The lowest BCUT2D eigenvalue weighted by atomic mass is 10.3. The maximum Gasteiger partial charge on any atom is 0.307 e. The summed E-state index contributed by atoms with van der Waals surface area (Å²) in [6.45, 7) is 3.47. The number of hydrogen-bond acceptors (Lipinski definition) is 9. The smallest absolute Gasteiger partial charge is 0.307 e. The molecule has 0 fully saturated rings. The molecule has 1 aliphatic rings. The van der Waals surface area contributed by atoms with Gasteiger partial charge in [0.25, 0.3) is 11.8 Å². The Hall–Kier alpha value is -2.34. The predicted molar refractivity (Wildman–Crippen MR) is 103 cm³/mol. The second-order valence-electron chi connectivity index (χ2n) is 6.04. The van der Waals surface area contributed by atoms with Crippen LogP contribution in [0.5, 0.6) is 0 Å². The predicted octanol–water partition coefficient (Wildman–Crippen LogP) is -0.953. The molecule has 1 aliphatic heterocycles. The highest BCUT2D eigenvalue weighted by Crippen LogP contribution is 2.03. The summed E-state index contributed by atoms with van der Waals surface area (Å²) in [5.74, 6) is -1.36. The molecule has 0 aromatic rings. The van der Waals surface area contributed by atoms with E-state index >= 15 is 0 Å². The molecule has 0 saturated carbocycles. The number of hydrogen-bond donors (Lipinski definition) is 1. The highest BCUT2D eigenvalue weighted by atomic mass is 16.6. The summed E-state index contributed by atoms with van der Waals surface area (Å²) in [7, 11) is 1.33. The molecule has 0 aromatic carbocycles. The fourth-order valence-electron chi connectivity index (χ4n) is 2.24. The Labute approximate surface area is 175 Å². The van der Waals surface area contributed by atoms with Gasteiger partial charge < -0.3 is 29.0 Å². The molecule has 1 N–H and O–H groups in total. The van der Waals surface area contributed by atoms with E-state index in [2.05, 4.69) is 10.1 Å². The molecular formula is C19H30N2O9. The van der Waals surface area contributed by atoms with Crippen molar-refractivity contribution in [1.29, 1.82) is 0 Å². The van der Waals surface area contributed by atoms with Gasteiger partial charge in [0.15, 0.2) is 0 Å². The molecule has 0 radical (unpaired) electrons. The molecule has 0 atom stereocenters. The van der Waals surface area contributed by atoms with Gasteiger partial charge in [-0.25, -0.2) is 0 Å². The van der Waals surface area contributed by atoms with E-state index in [0.29, 0.717) is 59.4 Å². The van der Waals surface area contributed by atoms with E-state index in [1.54, 1.807) is 0 Å². The summed E-state index contributed by atoms with van der Waals surface area (Å²) >= 11 is 0. The van der Waals surface area contributed by atoms with Gasteiger partial charge in [-0.05, 0) is 0 Å². The first kappa shape index (κ1) is 25.7. The molecule has 1 rings (SSSR count). The van der Waals surface area contributed by atoms with E-state index in [9.17, 15) is 19.2 Å². The van der Waals surface area contributed by atoms with Crippen molar-refractivity contribution in [3.8, 4) is 0 Å². The van der Waals surface area contributed by atoms with Gasteiger partial charge in [-0.3, -0.25) is 24.1 Å². The first-order valence-corrected chi connectivity index (χ1v) is 9.72. The van der Waals surface area contributed by atoms with Gasteiger partial charge >= 0.3 is 5.97 Å². The van der Waals surface area contributed by atoms with Crippen LogP contribution in [0.15, 0.2) is 12.2 Å². The van der Waals surface area contributed by atoms with Crippen molar-refractivity contribution in [2.75, 3.05) is 73.1 Å². The maximum atomic E-state index is 11.7. The minimum atomic E-state index is -0.398. The highest BCUT2D eigenvalue weighted by molar-refractivity contribution is 6.13. The third kappa shape index (κ3) is 12.3. The van der Waals surface area contributed by atoms with Crippen molar-refractivity contribution in [1.82, 2.24) is 10.2 Å². The molecule has 0 aromatic heterocycles. The Balaban J connectivity index is 1.79. The van der Waals surface area contributed by atoms with Crippen molar-refractivity contribution in [3.05, 3.63) is 12.2 Å². The minimum absolute atomic E-state index is 0.0542. The molecule has 11 nitrogen and oxygen atoms in total. The number of methoxy groups -OCH3 is 1. The van der Waals surface area contributed by atoms with Gasteiger partial charge in [0, 0.05) is 31.7 Å². The summed E-state index contributed by atoms with van der Waals surface area (Å²) < 4.78 is 25.7. The first-order chi connectivity index (χ1) is 14.5. The zero-order chi connectivity index (χ0) is 22.0. The summed E-state index contributed by atoms with van der Waals surface area (Å²) in [6, 6.07) is 0. The molecule has 0 aliphatic carbocycles. The van der Waals surface area contributed by atoms with Crippen LogP contribution in [0.2, 0.25) is 0 Å². The average Bonchev–Trinajstić information content (AvgIpc) is 3.06. The van der Waals surface area contributed by atoms with Crippen molar-refractivity contribution >= 4 is 23.7 Å². The number of imide groups is 1. The molecule has 3 amide bonds. The van der Waals surface area contributed by atoms with E-state index in [4.69, 9.17) is 18.9 Å². The zero-order valence-corrected chi connectivity index (χ0v) is 17.3. The van der Waals surface area contributed by atoms with Gasteiger partial charge in [-0.15, -0.1) is 0 Å². The second kappa shape index (κ2) is 16.5. The minimum Gasteiger partial charge on any atom is -0.469 e. The van der Waals surface area contributed by atoms with Crippen molar-refractivity contribution in [2.24, 2.45) is 0 Å². The lowest BCUT2D eigenvalue weighted by Gasteiger charge is -2.13. The molecule has 0 saturated heterocycles. The van der Waals surface area contributed by atoms with Crippen LogP contribution in [0.25, 0.3) is 0 Å². The van der Waals surface area contributed by atoms with Crippen LogP contribution >= 0.6 is 0 Å². The third-order valence-corrected chi connectivity index (χ3v) is 3.83. The van der Waals surface area contributed by atoms with Crippen LogP contribution in [0, 0.1) is 0 Å². The Bertz CT molecular complexity index is 562. The van der Waals surface area contributed by atoms with E-state index < -0.39 is 11.8 Å². The van der Waals surface area contributed by atoms with Gasteiger partial charge in [-0.1, -0.05) is 0 Å². The number of carbonyl (C=O) groups excluding carboxylic acids is 4. The monoisotopic (exact) mass is 430 g/mol. The van der Waals surface area contributed by atoms with E-state index in [1.807, 2.05) is 0 Å². The number of carbonyl (C=O) groups is 4. The molecule has 0 bridgehead atoms.